The molecule has 2 nitrogen and oxygen atoms in total. The molecule has 0 aliphatic heterocycles. The zero-order valence-electron chi connectivity index (χ0n) is 9.68. The topological polar surface area (TPSA) is 17.8 Å². The molecule has 16 heavy (non-hydrogen) atoms. The van der Waals surface area contributed by atoms with E-state index in [4.69, 9.17) is 0 Å². The van der Waals surface area contributed by atoms with Crippen LogP contribution in [0, 0.1) is 6.92 Å². The van der Waals surface area contributed by atoms with Gasteiger partial charge in [0.15, 0.2) is 0 Å². The first kappa shape index (κ1) is 11.3. The zero-order valence-corrected chi connectivity index (χ0v) is 10.5. The van der Waals surface area contributed by atoms with E-state index in [0.717, 1.165) is 18.0 Å². The van der Waals surface area contributed by atoms with Gasteiger partial charge in [0.25, 0.3) is 0 Å². The highest BCUT2D eigenvalue weighted by molar-refractivity contribution is 7.98. The summed E-state index contributed by atoms with van der Waals surface area (Å²) in [4.78, 5) is 0. The highest BCUT2D eigenvalue weighted by Crippen LogP contribution is 2.23. The predicted molar refractivity (Wildman–Crippen MR) is 68.6 cm³/mol. The van der Waals surface area contributed by atoms with Crippen LogP contribution in [0.2, 0.25) is 0 Å². The number of aryl methyl sites for hydroxylation is 2. The molecule has 0 atom stereocenters. The summed E-state index contributed by atoms with van der Waals surface area (Å²) in [5, 5.41) is 5.69. The van der Waals surface area contributed by atoms with Gasteiger partial charge in [-0.3, -0.25) is 4.68 Å². The van der Waals surface area contributed by atoms with Crippen LogP contribution in [0.15, 0.2) is 41.4 Å². The van der Waals surface area contributed by atoms with Crippen molar-refractivity contribution >= 4 is 11.8 Å². The fourth-order valence-electron chi connectivity index (χ4n) is 1.60. The normalized spacial score (nSPS) is 10.6. The van der Waals surface area contributed by atoms with Gasteiger partial charge in [0.05, 0.1) is 10.7 Å². The Balaban J connectivity index is 2.04. The predicted octanol–water partition coefficient (Wildman–Crippen LogP) is 3.50. The summed E-state index contributed by atoms with van der Waals surface area (Å²) >= 11 is 1.85. The van der Waals surface area contributed by atoms with E-state index in [1.165, 1.54) is 10.6 Å². The molecule has 0 aliphatic rings. The molecule has 0 bridgehead atoms. The van der Waals surface area contributed by atoms with Crippen molar-refractivity contribution in [3.8, 4) is 0 Å². The summed E-state index contributed by atoms with van der Waals surface area (Å²) in [5.41, 5.74) is 2.45. The van der Waals surface area contributed by atoms with Crippen molar-refractivity contribution in [2.75, 3.05) is 0 Å². The third-order valence-corrected chi connectivity index (χ3v) is 3.50. The fraction of sp³-hybridized carbons (Fsp3) is 0.308. The van der Waals surface area contributed by atoms with Gasteiger partial charge in [-0.05, 0) is 25.5 Å². The Labute approximate surface area is 101 Å². The number of hydrogen-bond acceptors (Lipinski definition) is 2. The van der Waals surface area contributed by atoms with E-state index in [1.54, 1.807) is 0 Å². The number of thioether (sulfide) groups is 1. The minimum Gasteiger partial charge on any atom is -0.259 e. The Morgan fingerprint density at radius 1 is 1.25 bits per heavy atom. The van der Waals surface area contributed by atoms with Gasteiger partial charge in [0.1, 0.15) is 0 Å². The maximum Gasteiger partial charge on any atom is 0.0945 e. The van der Waals surface area contributed by atoms with E-state index in [9.17, 15) is 0 Å². The number of nitrogens with zero attached hydrogens (tertiary/aromatic N) is 2. The van der Waals surface area contributed by atoms with Gasteiger partial charge in [0, 0.05) is 12.3 Å². The van der Waals surface area contributed by atoms with Crippen molar-refractivity contribution in [1.29, 1.82) is 0 Å². The van der Waals surface area contributed by atoms with Gasteiger partial charge in [-0.15, -0.1) is 11.8 Å². The third kappa shape index (κ3) is 2.67. The van der Waals surface area contributed by atoms with E-state index in [2.05, 4.69) is 53.1 Å². The number of aromatic nitrogens is 2. The van der Waals surface area contributed by atoms with Crippen LogP contribution in [0.5, 0.6) is 0 Å². The highest BCUT2D eigenvalue weighted by atomic mass is 32.2. The van der Waals surface area contributed by atoms with Gasteiger partial charge >= 0.3 is 0 Å². The van der Waals surface area contributed by atoms with Crippen LogP contribution in [0.4, 0.5) is 0 Å². The third-order valence-electron chi connectivity index (χ3n) is 2.39. The maximum atomic E-state index is 4.44. The molecule has 0 N–H and O–H groups in total. The van der Waals surface area contributed by atoms with Crippen molar-refractivity contribution in [1.82, 2.24) is 9.78 Å². The van der Waals surface area contributed by atoms with Crippen molar-refractivity contribution in [2.45, 2.75) is 31.2 Å². The average Bonchev–Trinajstić information content (AvgIpc) is 2.68. The molecular formula is C13H16N2S. The molecular weight excluding hydrogens is 216 g/mol. The van der Waals surface area contributed by atoms with Crippen LogP contribution in [0.1, 0.15) is 18.2 Å². The Kier molecular flexibility index (Phi) is 3.67. The second kappa shape index (κ2) is 5.21. The largest absolute Gasteiger partial charge is 0.259 e. The lowest BCUT2D eigenvalue weighted by molar-refractivity contribution is 0.601. The Bertz CT molecular complexity index is 448. The monoisotopic (exact) mass is 232 g/mol. The summed E-state index contributed by atoms with van der Waals surface area (Å²) in [6.07, 6.45) is 0. The lowest BCUT2D eigenvalue weighted by Gasteiger charge is -2.03. The molecule has 84 valence electrons. The summed E-state index contributed by atoms with van der Waals surface area (Å²) in [7, 11) is 0. The SMILES string of the molecule is CCn1nc(C)cc1SCc1ccccc1. The molecule has 1 aromatic carbocycles. The van der Waals surface area contributed by atoms with Gasteiger partial charge in [-0.25, -0.2) is 0 Å². The van der Waals surface area contributed by atoms with Crippen LogP contribution < -0.4 is 0 Å². The highest BCUT2D eigenvalue weighted by Gasteiger charge is 2.04. The molecule has 0 spiro atoms. The van der Waals surface area contributed by atoms with Crippen molar-refractivity contribution < 1.29 is 0 Å². The second-order valence-electron chi connectivity index (χ2n) is 3.71. The average molecular weight is 232 g/mol. The summed E-state index contributed by atoms with van der Waals surface area (Å²) in [5.74, 6) is 1.01. The van der Waals surface area contributed by atoms with Crippen molar-refractivity contribution in [3.05, 3.63) is 47.7 Å². The second-order valence-corrected chi connectivity index (χ2v) is 4.71. The van der Waals surface area contributed by atoms with Crippen molar-refractivity contribution in [3.63, 3.8) is 0 Å². The molecule has 0 unspecified atom stereocenters. The lowest BCUT2D eigenvalue weighted by Crippen LogP contribution is -1.98. The summed E-state index contributed by atoms with van der Waals surface area (Å²) < 4.78 is 2.06. The first-order valence-corrected chi connectivity index (χ1v) is 6.49. The zero-order chi connectivity index (χ0) is 11.4. The number of rotatable bonds is 4. The standard InChI is InChI=1S/C13H16N2S/c1-3-15-13(9-11(2)14-15)16-10-12-7-5-4-6-8-12/h4-9H,3,10H2,1-2H3. The molecule has 0 saturated carbocycles. The van der Waals surface area contributed by atoms with E-state index >= 15 is 0 Å². The maximum absolute atomic E-state index is 4.44. The van der Waals surface area contributed by atoms with Gasteiger partial charge in [-0.2, -0.15) is 5.10 Å². The molecule has 0 aliphatic carbocycles. The number of hydrogen-bond donors (Lipinski definition) is 0. The molecule has 0 fully saturated rings. The van der Waals surface area contributed by atoms with Crippen LogP contribution in [-0.4, -0.2) is 9.78 Å². The minimum absolute atomic E-state index is 0.935. The molecule has 0 radical (unpaired) electrons. The molecule has 1 heterocycles. The Morgan fingerprint density at radius 2 is 2.00 bits per heavy atom. The molecule has 2 rings (SSSR count). The molecule has 2 aromatic rings. The lowest BCUT2D eigenvalue weighted by atomic mass is 10.2. The van der Waals surface area contributed by atoms with Gasteiger partial charge in [0.2, 0.25) is 0 Å². The van der Waals surface area contributed by atoms with Crippen LogP contribution in [0.3, 0.4) is 0 Å². The van der Waals surface area contributed by atoms with E-state index in [1.807, 2.05) is 18.7 Å². The van der Waals surface area contributed by atoms with E-state index < -0.39 is 0 Å². The van der Waals surface area contributed by atoms with Crippen LogP contribution in [0.25, 0.3) is 0 Å². The molecule has 0 amide bonds. The van der Waals surface area contributed by atoms with E-state index in [0.29, 0.717) is 0 Å². The molecule has 0 saturated heterocycles. The Hall–Kier alpha value is -1.22. The summed E-state index contributed by atoms with van der Waals surface area (Å²) in [6.45, 7) is 5.10. The smallest absolute Gasteiger partial charge is 0.0945 e. The molecule has 3 heteroatoms. The first-order valence-electron chi connectivity index (χ1n) is 5.50. The quantitative estimate of drug-likeness (QED) is 0.751. The van der Waals surface area contributed by atoms with E-state index in [-0.39, 0.29) is 0 Å². The van der Waals surface area contributed by atoms with Crippen LogP contribution in [-0.2, 0) is 12.3 Å². The minimum atomic E-state index is 0.935. The van der Waals surface area contributed by atoms with Gasteiger partial charge in [-0.1, -0.05) is 30.3 Å². The number of benzene rings is 1. The first-order chi connectivity index (χ1) is 7.79. The van der Waals surface area contributed by atoms with Crippen molar-refractivity contribution in [2.24, 2.45) is 0 Å². The molecule has 1 aromatic heterocycles. The fourth-order valence-corrected chi connectivity index (χ4v) is 2.68. The van der Waals surface area contributed by atoms with Crippen LogP contribution >= 0.6 is 11.8 Å². The Morgan fingerprint density at radius 3 is 2.69 bits per heavy atom. The van der Waals surface area contributed by atoms with Gasteiger partial charge < -0.3 is 0 Å². The summed E-state index contributed by atoms with van der Waals surface area (Å²) in [6, 6.07) is 12.7.